The Labute approximate surface area is 269 Å². The molecule has 8 nitrogen and oxygen atoms in total. The van der Waals surface area contributed by atoms with Gasteiger partial charge in [0.25, 0.3) is 0 Å². The summed E-state index contributed by atoms with van der Waals surface area (Å²) >= 11 is 5.92. The highest BCUT2D eigenvalue weighted by Crippen LogP contribution is 2.36. The number of hydrogen-bond acceptors (Lipinski definition) is 7. The number of methoxy groups -OCH3 is 1. The molecule has 0 fully saturated rings. The van der Waals surface area contributed by atoms with E-state index >= 15 is 0 Å². The van der Waals surface area contributed by atoms with E-state index in [4.69, 9.17) is 20.8 Å². The van der Waals surface area contributed by atoms with Crippen LogP contribution in [0.4, 0.5) is 13.2 Å². The maximum atomic E-state index is 12.8. The predicted molar refractivity (Wildman–Crippen MR) is 176 cm³/mol. The van der Waals surface area contributed by atoms with Crippen molar-refractivity contribution < 1.29 is 32.2 Å². The molecule has 3 aromatic rings. The molecule has 3 rings (SSSR count). The van der Waals surface area contributed by atoms with Gasteiger partial charge in [-0.25, -0.2) is 9.97 Å². The Bertz CT molecular complexity index is 1360. The van der Waals surface area contributed by atoms with Crippen molar-refractivity contribution in [3.63, 3.8) is 0 Å². The van der Waals surface area contributed by atoms with Gasteiger partial charge in [-0.1, -0.05) is 64.4 Å². The van der Waals surface area contributed by atoms with Crippen molar-refractivity contribution in [3.05, 3.63) is 77.8 Å². The summed E-state index contributed by atoms with van der Waals surface area (Å²) in [7, 11) is 2.88. The van der Waals surface area contributed by atoms with E-state index in [0.717, 1.165) is 18.9 Å². The normalized spacial score (nSPS) is 13.2. The van der Waals surface area contributed by atoms with Crippen LogP contribution in [0.3, 0.4) is 0 Å². The second-order valence-electron chi connectivity index (χ2n) is 9.22. The first-order valence-corrected chi connectivity index (χ1v) is 14.9. The Balaban J connectivity index is 0.000000784. The van der Waals surface area contributed by atoms with E-state index in [2.05, 4.69) is 27.6 Å². The van der Waals surface area contributed by atoms with E-state index < -0.39 is 18.0 Å². The highest BCUT2D eigenvalue weighted by atomic mass is 35.5. The number of carbonyl (C=O) groups is 1. The average molecular weight is 655 g/mol. The average Bonchev–Trinajstić information content (AvgIpc) is 3.48. The van der Waals surface area contributed by atoms with Gasteiger partial charge in [0.1, 0.15) is 23.2 Å². The van der Waals surface area contributed by atoms with E-state index in [1.54, 1.807) is 37.3 Å². The second-order valence-corrected chi connectivity index (χ2v) is 9.66. The van der Waals surface area contributed by atoms with E-state index in [1.165, 1.54) is 26.5 Å². The third-order valence-corrected chi connectivity index (χ3v) is 6.56. The third kappa shape index (κ3) is 13.5. The molecule has 0 aliphatic heterocycles. The largest absolute Gasteiger partial charge is 0.494 e. The summed E-state index contributed by atoms with van der Waals surface area (Å²) in [6, 6.07) is 5.51. The van der Waals surface area contributed by atoms with Gasteiger partial charge in [0, 0.05) is 28.4 Å². The number of halogens is 4. The molecule has 12 heteroatoms. The molecule has 0 radical (unpaired) electrons. The van der Waals surface area contributed by atoms with Gasteiger partial charge in [0.05, 0.1) is 18.9 Å². The number of ether oxygens (including phenoxy) is 1. The number of benzene rings is 1. The number of pyridine rings is 1. The van der Waals surface area contributed by atoms with Crippen LogP contribution in [0.15, 0.2) is 70.9 Å². The van der Waals surface area contributed by atoms with Gasteiger partial charge in [0.15, 0.2) is 0 Å². The number of rotatable bonds is 12. The molecule has 0 saturated heterocycles. The molecule has 0 saturated carbocycles. The van der Waals surface area contributed by atoms with E-state index in [-0.39, 0.29) is 23.1 Å². The number of carbonyl (C=O) groups excluding carboxylic acids is 1. The molecule has 3 atom stereocenters. The quantitative estimate of drug-likeness (QED) is 0.103. The lowest BCUT2D eigenvalue weighted by Gasteiger charge is -2.25. The Morgan fingerprint density at radius 3 is 2.40 bits per heavy atom. The topological polar surface area (TPSA) is 124 Å². The molecule has 250 valence electrons. The van der Waals surface area contributed by atoms with Gasteiger partial charge in [-0.2, -0.15) is 13.2 Å². The molecule has 2 heterocycles. The van der Waals surface area contributed by atoms with Crippen molar-refractivity contribution in [2.24, 2.45) is 17.6 Å². The fraction of sp³-hybridized carbons (Fsp3) is 0.424. The number of nitrogens with zero attached hydrogens (tertiary/aromatic N) is 2. The standard InChI is InChI=1S/C15H24ClNO2.C15H11F3N2O2.C2H6.CH5N/c1-4-6-14(16)8-7-12(3)15(19)13(5-2)9-10-17-11-18;1-8-7-22-14(19-8)10-3-5-11(21-2)13-9(10)4-6-12(20-13)15(16,17)18;2*1-2/h4,6-8,11-13,15,19H,1,5,9-10H2,2-3H3,(H,17,18);3-7H,1-2H3;1-2H3;2H2,1H3/b8-7-,14-6+;;;. The molecule has 1 aromatic carbocycles. The van der Waals surface area contributed by atoms with Gasteiger partial charge in [-0.05, 0) is 62.7 Å². The molecular weight excluding hydrogens is 609 g/mol. The number of alkyl halides is 3. The van der Waals surface area contributed by atoms with Crippen LogP contribution in [0.25, 0.3) is 22.4 Å². The Kier molecular flexibility index (Phi) is 20.1. The lowest BCUT2D eigenvalue weighted by Crippen LogP contribution is -2.29. The van der Waals surface area contributed by atoms with Gasteiger partial charge in [-0.3, -0.25) is 4.79 Å². The van der Waals surface area contributed by atoms with Gasteiger partial charge in [-0.15, -0.1) is 0 Å². The van der Waals surface area contributed by atoms with Crippen LogP contribution in [0.1, 0.15) is 51.9 Å². The monoisotopic (exact) mass is 654 g/mol. The Morgan fingerprint density at radius 1 is 1.22 bits per heavy atom. The number of hydrogen-bond donors (Lipinski definition) is 3. The molecule has 4 N–H and O–H groups in total. The molecule has 0 bridgehead atoms. The number of allylic oxidation sites excluding steroid dienone is 4. The third-order valence-electron chi connectivity index (χ3n) is 6.30. The van der Waals surface area contributed by atoms with Gasteiger partial charge >= 0.3 is 6.18 Å². The fourth-order valence-corrected chi connectivity index (χ4v) is 4.24. The van der Waals surface area contributed by atoms with E-state index in [1.807, 2.05) is 33.8 Å². The number of oxazole rings is 1. The number of aromatic nitrogens is 2. The van der Waals surface area contributed by atoms with Crippen molar-refractivity contribution in [3.8, 4) is 17.2 Å². The number of amides is 1. The summed E-state index contributed by atoms with van der Waals surface area (Å²) in [5.41, 5.74) is 4.88. The Hall–Kier alpha value is -3.67. The van der Waals surface area contributed by atoms with Crippen LogP contribution in [-0.2, 0) is 11.0 Å². The van der Waals surface area contributed by atoms with Crippen molar-refractivity contribution >= 4 is 28.9 Å². The maximum absolute atomic E-state index is 12.8. The maximum Gasteiger partial charge on any atom is 0.433 e. The lowest BCUT2D eigenvalue weighted by molar-refractivity contribution is -0.141. The van der Waals surface area contributed by atoms with Gasteiger partial charge < -0.3 is 25.3 Å². The molecule has 45 heavy (non-hydrogen) atoms. The number of nitrogens with two attached hydrogens (primary N) is 1. The molecule has 2 aromatic heterocycles. The highest BCUT2D eigenvalue weighted by molar-refractivity contribution is 6.31. The van der Waals surface area contributed by atoms with Crippen LogP contribution in [0, 0.1) is 18.8 Å². The summed E-state index contributed by atoms with van der Waals surface area (Å²) in [6.07, 6.45) is 5.82. The fourth-order valence-electron chi connectivity index (χ4n) is 4.08. The van der Waals surface area contributed by atoms with Crippen molar-refractivity contribution in [1.82, 2.24) is 15.3 Å². The number of aryl methyl sites for hydroxylation is 1. The lowest BCUT2D eigenvalue weighted by atomic mass is 9.87. The second kappa shape index (κ2) is 21.9. The Morgan fingerprint density at radius 2 is 1.89 bits per heavy atom. The van der Waals surface area contributed by atoms with Gasteiger partial charge in [0.2, 0.25) is 12.3 Å². The first-order valence-electron chi connectivity index (χ1n) is 14.5. The highest BCUT2D eigenvalue weighted by Gasteiger charge is 2.33. The summed E-state index contributed by atoms with van der Waals surface area (Å²) in [4.78, 5) is 18.1. The first kappa shape index (κ1) is 41.3. The van der Waals surface area contributed by atoms with E-state index in [9.17, 15) is 23.1 Å². The molecule has 3 unspecified atom stereocenters. The molecule has 1 amide bonds. The first-order chi connectivity index (χ1) is 21.5. The number of aliphatic hydroxyl groups excluding tert-OH is 1. The smallest absolute Gasteiger partial charge is 0.433 e. The SMILES string of the molecule is C=C/C=C(Cl)\C=C/C(C)C(O)C(CC)CCNC=O.CC.CN.COc1ccc(-c2nc(C)co2)c2ccc(C(F)(F)F)nc12. The minimum Gasteiger partial charge on any atom is -0.494 e. The zero-order valence-corrected chi connectivity index (χ0v) is 27.7. The van der Waals surface area contributed by atoms with Crippen LogP contribution in [-0.4, -0.2) is 48.3 Å². The minimum atomic E-state index is -4.52. The number of fused-ring (bicyclic) bond motifs is 1. The summed E-state index contributed by atoms with van der Waals surface area (Å²) in [5.74, 6) is 0.752. The summed E-state index contributed by atoms with van der Waals surface area (Å²) in [6.45, 7) is 13.9. The predicted octanol–water partition coefficient (Wildman–Crippen LogP) is 7.84. The molecular formula is C33H46ClF3N4O4. The number of nitrogens with one attached hydrogen (secondary N) is 1. The van der Waals surface area contributed by atoms with Crippen LogP contribution < -0.4 is 15.8 Å². The summed E-state index contributed by atoms with van der Waals surface area (Å²) in [5, 5.41) is 14.0. The molecule has 0 aliphatic carbocycles. The molecule has 0 spiro atoms. The minimum absolute atomic E-state index is 0.00754. The number of aliphatic hydroxyl groups is 1. The van der Waals surface area contributed by atoms with Crippen molar-refractivity contribution in [2.45, 2.75) is 59.7 Å². The van der Waals surface area contributed by atoms with E-state index in [0.29, 0.717) is 40.5 Å². The zero-order chi connectivity index (χ0) is 34.6. The zero-order valence-electron chi connectivity index (χ0n) is 27.0. The van der Waals surface area contributed by atoms with Crippen LogP contribution in [0.2, 0.25) is 0 Å². The van der Waals surface area contributed by atoms with Crippen LogP contribution >= 0.6 is 11.6 Å². The molecule has 0 aliphatic rings. The van der Waals surface area contributed by atoms with Crippen LogP contribution in [0.5, 0.6) is 5.75 Å². The van der Waals surface area contributed by atoms with Crippen molar-refractivity contribution in [2.75, 3.05) is 20.7 Å². The van der Waals surface area contributed by atoms with Crippen molar-refractivity contribution in [1.29, 1.82) is 0 Å². The summed E-state index contributed by atoms with van der Waals surface area (Å²) < 4.78 is 49.0.